The fourth-order valence-electron chi connectivity index (χ4n) is 2.34. The highest BCUT2D eigenvalue weighted by Gasteiger charge is 2.21. The van der Waals surface area contributed by atoms with E-state index in [1.54, 1.807) is 17.3 Å². The SMILES string of the molecule is C=C(N=CC)c1csc(Nc2ccc(N3CCCC3=O)cn2)n1.Cl. The number of halogens is 1. The summed E-state index contributed by atoms with van der Waals surface area (Å²) < 4.78 is 0. The Hall–Kier alpha value is -2.25. The molecule has 0 aliphatic carbocycles. The van der Waals surface area contributed by atoms with Gasteiger partial charge in [-0.1, -0.05) is 6.58 Å². The van der Waals surface area contributed by atoms with Crippen molar-refractivity contribution < 1.29 is 4.79 Å². The van der Waals surface area contributed by atoms with Crippen LogP contribution in [0.2, 0.25) is 0 Å². The molecular weight excluding hydrogens is 346 g/mol. The molecule has 8 heteroatoms. The van der Waals surface area contributed by atoms with Gasteiger partial charge in [-0.25, -0.2) is 9.97 Å². The van der Waals surface area contributed by atoms with Gasteiger partial charge in [0.05, 0.1) is 17.6 Å². The summed E-state index contributed by atoms with van der Waals surface area (Å²) in [5, 5.41) is 5.77. The molecule has 24 heavy (non-hydrogen) atoms. The molecule has 1 N–H and O–H groups in total. The molecule has 1 aliphatic rings. The number of hydrogen-bond acceptors (Lipinski definition) is 6. The maximum Gasteiger partial charge on any atom is 0.227 e. The van der Waals surface area contributed by atoms with E-state index in [2.05, 4.69) is 26.9 Å². The molecular formula is C16H18ClN5OS. The first-order chi connectivity index (χ1) is 11.2. The van der Waals surface area contributed by atoms with Gasteiger partial charge in [-0.3, -0.25) is 9.79 Å². The van der Waals surface area contributed by atoms with Crippen LogP contribution in [-0.2, 0) is 4.79 Å². The number of thiazole rings is 1. The Balaban J connectivity index is 0.00000208. The third-order valence-electron chi connectivity index (χ3n) is 3.45. The average Bonchev–Trinajstić information content (AvgIpc) is 3.18. The molecule has 1 aliphatic heterocycles. The van der Waals surface area contributed by atoms with Crippen molar-refractivity contribution >= 4 is 58.2 Å². The zero-order valence-corrected chi connectivity index (χ0v) is 14.9. The number of anilines is 3. The first-order valence-electron chi connectivity index (χ1n) is 7.34. The second-order valence-electron chi connectivity index (χ2n) is 5.05. The van der Waals surface area contributed by atoms with Crippen molar-refractivity contribution in [3.63, 3.8) is 0 Å². The lowest BCUT2D eigenvalue weighted by Crippen LogP contribution is -2.23. The van der Waals surface area contributed by atoms with Crippen molar-refractivity contribution in [2.45, 2.75) is 19.8 Å². The summed E-state index contributed by atoms with van der Waals surface area (Å²) in [6.45, 7) is 6.47. The lowest BCUT2D eigenvalue weighted by Gasteiger charge is -2.15. The van der Waals surface area contributed by atoms with E-state index in [0.717, 1.165) is 29.5 Å². The molecule has 3 rings (SSSR count). The second kappa shape index (κ2) is 8.03. The smallest absolute Gasteiger partial charge is 0.227 e. The second-order valence-corrected chi connectivity index (χ2v) is 5.91. The van der Waals surface area contributed by atoms with Gasteiger partial charge in [0.2, 0.25) is 5.91 Å². The summed E-state index contributed by atoms with van der Waals surface area (Å²) in [4.78, 5) is 26.4. The van der Waals surface area contributed by atoms with E-state index < -0.39 is 0 Å². The van der Waals surface area contributed by atoms with Crippen LogP contribution in [-0.4, -0.2) is 28.6 Å². The van der Waals surface area contributed by atoms with E-state index in [0.29, 0.717) is 17.9 Å². The number of pyridine rings is 1. The van der Waals surface area contributed by atoms with Gasteiger partial charge in [0.25, 0.3) is 0 Å². The molecule has 0 aromatic carbocycles. The van der Waals surface area contributed by atoms with Crippen molar-refractivity contribution in [2.24, 2.45) is 4.99 Å². The first-order valence-corrected chi connectivity index (χ1v) is 8.22. The Morgan fingerprint density at radius 3 is 2.96 bits per heavy atom. The van der Waals surface area contributed by atoms with Crippen molar-refractivity contribution in [3.8, 4) is 0 Å². The summed E-state index contributed by atoms with van der Waals surface area (Å²) >= 11 is 1.47. The summed E-state index contributed by atoms with van der Waals surface area (Å²) in [5.74, 6) is 0.845. The van der Waals surface area contributed by atoms with E-state index in [-0.39, 0.29) is 18.3 Å². The Labute approximate surface area is 150 Å². The van der Waals surface area contributed by atoms with E-state index in [4.69, 9.17) is 0 Å². The molecule has 6 nitrogen and oxygen atoms in total. The third kappa shape index (κ3) is 3.98. The average molecular weight is 364 g/mol. The molecule has 0 spiro atoms. The van der Waals surface area contributed by atoms with Crippen molar-refractivity contribution in [3.05, 3.63) is 36.0 Å². The molecule has 2 aromatic rings. The molecule has 0 unspecified atom stereocenters. The van der Waals surface area contributed by atoms with Gasteiger partial charge < -0.3 is 10.2 Å². The number of amides is 1. The molecule has 1 amide bonds. The van der Waals surface area contributed by atoms with Crippen LogP contribution in [0.25, 0.3) is 5.70 Å². The van der Waals surface area contributed by atoms with Gasteiger partial charge in [0.15, 0.2) is 5.13 Å². The minimum atomic E-state index is 0. The van der Waals surface area contributed by atoms with Crippen LogP contribution in [0.4, 0.5) is 16.6 Å². The quantitative estimate of drug-likeness (QED) is 0.818. The molecule has 0 bridgehead atoms. The lowest BCUT2D eigenvalue weighted by molar-refractivity contribution is -0.117. The van der Waals surface area contributed by atoms with Crippen LogP contribution in [0.15, 0.2) is 35.3 Å². The number of carbonyl (C=O) groups is 1. The number of aliphatic imine (C=N–C) groups is 1. The van der Waals surface area contributed by atoms with Crippen LogP contribution in [0.5, 0.6) is 0 Å². The molecule has 2 aromatic heterocycles. The summed E-state index contributed by atoms with van der Waals surface area (Å²) in [6, 6.07) is 3.74. The monoisotopic (exact) mass is 363 g/mol. The first kappa shape index (κ1) is 18.1. The molecule has 1 saturated heterocycles. The van der Waals surface area contributed by atoms with Crippen molar-refractivity contribution in [2.75, 3.05) is 16.8 Å². The molecule has 126 valence electrons. The van der Waals surface area contributed by atoms with Crippen LogP contribution in [0.3, 0.4) is 0 Å². The topological polar surface area (TPSA) is 70.5 Å². The highest BCUT2D eigenvalue weighted by atomic mass is 35.5. The molecule has 3 heterocycles. The van der Waals surface area contributed by atoms with Crippen LogP contribution in [0, 0.1) is 0 Å². The van der Waals surface area contributed by atoms with Crippen molar-refractivity contribution in [1.82, 2.24) is 9.97 Å². The van der Waals surface area contributed by atoms with E-state index in [1.807, 2.05) is 24.4 Å². The predicted octanol–water partition coefficient (Wildman–Crippen LogP) is 3.89. The third-order valence-corrected chi connectivity index (χ3v) is 4.21. The number of aromatic nitrogens is 2. The van der Waals surface area contributed by atoms with Gasteiger partial charge >= 0.3 is 0 Å². The van der Waals surface area contributed by atoms with E-state index >= 15 is 0 Å². The van der Waals surface area contributed by atoms with Crippen LogP contribution < -0.4 is 10.2 Å². The summed E-state index contributed by atoms with van der Waals surface area (Å²) in [6.07, 6.45) is 4.92. The Morgan fingerprint density at radius 2 is 2.33 bits per heavy atom. The minimum Gasteiger partial charge on any atom is -0.316 e. The fourth-order valence-corrected chi connectivity index (χ4v) is 3.06. The van der Waals surface area contributed by atoms with Crippen LogP contribution in [0.1, 0.15) is 25.5 Å². The number of nitrogens with one attached hydrogen (secondary N) is 1. The fraction of sp³-hybridized carbons (Fsp3) is 0.250. The van der Waals surface area contributed by atoms with Gasteiger partial charge in [-0.05, 0) is 25.5 Å². The Bertz CT molecular complexity index is 756. The lowest BCUT2D eigenvalue weighted by atomic mass is 10.3. The summed E-state index contributed by atoms with van der Waals surface area (Å²) in [5.41, 5.74) is 2.21. The number of carbonyl (C=O) groups excluding carboxylic acids is 1. The van der Waals surface area contributed by atoms with Gasteiger partial charge in [0, 0.05) is 24.6 Å². The van der Waals surface area contributed by atoms with Gasteiger partial charge in [-0.15, -0.1) is 23.7 Å². The zero-order chi connectivity index (χ0) is 16.2. The van der Waals surface area contributed by atoms with Crippen LogP contribution >= 0.6 is 23.7 Å². The maximum absolute atomic E-state index is 11.7. The number of hydrogen-bond donors (Lipinski definition) is 1. The Kier molecular flexibility index (Phi) is 6.05. The molecule has 0 saturated carbocycles. The van der Waals surface area contributed by atoms with Crippen molar-refractivity contribution in [1.29, 1.82) is 0 Å². The molecule has 0 radical (unpaired) electrons. The van der Waals surface area contributed by atoms with E-state index in [1.165, 1.54) is 11.3 Å². The Morgan fingerprint density at radius 1 is 1.50 bits per heavy atom. The highest BCUT2D eigenvalue weighted by molar-refractivity contribution is 7.13. The summed E-state index contributed by atoms with van der Waals surface area (Å²) in [7, 11) is 0. The molecule has 1 fully saturated rings. The minimum absolute atomic E-state index is 0. The number of nitrogens with zero attached hydrogens (tertiary/aromatic N) is 4. The van der Waals surface area contributed by atoms with Gasteiger partial charge in [0.1, 0.15) is 11.5 Å². The van der Waals surface area contributed by atoms with E-state index in [9.17, 15) is 4.79 Å². The number of rotatable bonds is 5. The predicted molar refractivity (Wildman–Crippen MR) is 102 cm³/mol. The van der Waals surface area contributed by atoms with Gasteiger partial charge in [-0.2, -0.15) is 0 Å². The standard InChI is InChI=1S/C16H17N5OS.ClH/c1-3-17-11(2)13-10-23-16(19-13)20-14-7-6-12(9-18-14)21-8-4-5-15(21)22;/h3,6-7,9-10H,2,4-5,8H2,1H3,(H,18,19,20);1H. The largest absolute Gasteiger partial charge is 0.316 e. The molecule has 0 atom stereocenters. The maximum atomic E-state index is 11.7. The highest BCUT2D eigenvalue weighted by Crippen LogP contribution is 2.25. The zero-order valence-electron chi connectivity index (χ0n) is 13.2. The normalized spacial score (nSPS) is 14.0.